The van der Waals surface area contributed by atoms with Crippen LogP contribution >= 0.6 is 15.9 Å². The predicted molar refractivity (Wildman–Crippen MR) is 87.3 cm³/mol. The molecule has 0 aliphatic carbocycles. The van der Waals surface area contributed by atoms with Crippen LogP contribution in [0, 0.1) is 6.92 Å². The summed E-state index contributed by atoms with van der Waals surface area (Å²) in [6.45, 7) is 5.93. The standard InChI is InChI=1S/C16H21BrN2O2/c1-4-6-13-16(21)19(14(5-2)15(20)18-13)11-8-7-10(3)12(17)9-11/h7-9,13-14H,4-6H2,1-3H3,(H,18,20). The molecule has 114 valence electrons. The molecule has 2 unspecified atom stereocenters. The van der Waals surface area contributed by atoms with E-state index < -0.39 is 12.1 Å². The number of anilines is 1. The lowest BCUT2D eigenvalue weighted by Gasteiger charge is -2.38. The summed E-state index contributed by atoms with van der Waals surface area (Å²) in [5, 5.41) is 2.85. The van der Waals surface area contributed by atoms with Gasteiger partial charge in [-0.05, 0) is 37.5 Å². The van der Waals surface area contributed by atoms with E-state index in [1.807, 2.05) is 39.0 Å². The van der Waals surface area contributed by atoms with Crippen LogP contribution in [0.2, 0.25) is 0 Å². The second kappa shape index (κ2) is 6.60. The molecule has 1 N–H and O–H groups in total. The molecule has 1 aliphatic heterocycles. The smallest absolute Gasteiger partial charge is 0.250 e. The average molecular weight is 353 g/mol. The van der Waals surface area contributed by atoms with Gasteiger partial charge < -0.3 is 5.32 Å². The van der Waals surface area contributed by atoms with E-state index in [4.69, 9.17) is 0 Å². The van der Waals surface area contributed by atoms with Gasteiger partial charge in [0.15, 0.2) is 0 Å². The summed E-state index contributed by atoms with van der Waals surface area (Å²) in [7, 11) is 0. The second-order valence-electron chi connectivity index (χ2n) is 5.42. The molecule has 0 radical (unpaired) electrons. The van der Waals surface area contributed by atoms with E-state index in [0.29, 0.717) is 12.8 Å². The molecule has 2 amide bonds. The molecule has 0 aromatic heterocycles. The maximum absolute atomic E-state index is 12.7. The first-order chi connectivity index (χ1) is 9.99. The number of piperazine rings is 1. The first-order valence-electron chi connectivity index (χ1n) is 7.39. The van der Waals surface area contributed by atoms with Crippen LogP contribution in [0.25, 0.3) is 0 Å². The molecular formula is C16H21BrN2O2. The van der Waals surface area contributed by atoms with Crippen LogP contribution in [0.4, 0.5) is 5.69 Å². The largest absolute Gasteiger partial charge is 0.342 e. The quantitative estimate of drug-likeness (QED) is 0.904. The lowest BCUT2D eigenvalue weighted by atomic mass is 10.0. The number of halogens is 1. The number of hydrogen-bond acceptors (Lipinski definition) is 2. The highest BCUT2D eigenvalue weighted by atomic mass is 79.9. The summed E-state index contributed by atoms with van der Waals surface area (Å²) in [5.74, 6) is -0.0775. The summed E-state index contributed by atoms with van der Waals surface area (Å²) in [6.07, 6.45) is 2.13. The molecule has 0 saturated carbocycles. The van der Waals surface area contributed by atoms with E-state index in [1.165, 1.54) is 0 Å². The Kier molecular flexibility index (Phi) is 5.04. The van der Waals surface area contributed by atoms with Crippen molar-refractivity contribution < 1.29 is 9.59 Å². The van der Waals surface area contributed by atoms with E-state index in [0.717, 1.165) is 22.1 Å². The molecule has 0 spiro atoms. The molecule has 1 aromatic carbocycles. The number of nitrogens with zero attached hydrogens (tertiary/aromatic N) is 1. The monoisotopic (exact) mass is 352 g/mol. The summed E-state index contributed by atoms with van der Waals surface area (Å²) in [4.78, 5) is 26.7. The highest BCUT2D eigenvalue weighted by molar-refractivity contribution is 9.10. The minimum Gasteiger partial charge on any atom is -0.342 e. The van der Waals surface area contributed by atoms with Crippen molar-refractivity contribution in [2.45, 2.75) is 52.1 Å². The van der Waals surface area contributed by atoms with Crippen LogP contribution in [0.3, 0.4) is 0 Å². The van der Waals surface area contributed by atoms with Crippen molar-refractivity contribution in [2.75, 3.05) is 4.90 Å². The van der Waals surface area contributed by atoms with Crippen LogP contribution < -0.4 is 10.2 Å². The Labute approximate surface area is 134 Å². The molecule has 1 aliphatic rings. The van der Waals surface area contributed by atoms with Crippen LogP contribution in [0.1, 0.15) is 38.7 Å². The molecule has 21 heavy (non-hydrogen) atoms. The molecule has 1 fully saturated rings. The van der Waals surface area contributed by atoms with Crippen LogP contribution in [0.5, 0.6) is 0 Å². The Morgan fingerprint density at radius 1 is 1.29 bits per heavy atom. The molecule has 0 bridgehead atoms. The lowest BCUT2D eigenvalue weighted by molar-refractivity contribution is -0.134. The van der Waals surface area contributed by atoms with Gasteiger partial charge in [0.05, 0.1) is 0 Å². The van der Waals surface area contributed by atoms with Crippen molar-refractivity contribution >= 4 is 33.4 Å². The Hall–Kier alpha value is -1.36. The van der Waals surface area contributed by atoms with Crippen molar-refractivity contribution in [2.24, 2.45) is 0 Å². The highest BCUT2D eigenvalue weighted by Gasteiger charge is 2.39. The maximum Gasteiger partial charge on any atom is 0.250 e. The van der Waals surface area contributed by atoms with Gasteiger partial charge in [0.25, 0.3) is 0 Å². The summed E-state index contributed by atoms with van der Waals surface area (Å²) < 4.78 is 0.945. The van der Waals surface area contributed by atoms with Gasteiger partial charge >= 0.3 is 0 Å². The zero-order chi connectivity index (χ0) is 15.6. The molecule has 5 heteroatoms. The third-order valence-electron chi connectivity index (χ3n) is 3.86. The van der Waals surface area contributed by atoms with Crippen molar-refractivity contribution in [3.8, 4) is 0 Å². The molecular weight excluding hydrogens is 332 g/mol. The number of hydrogen-bond donors (Lipinski definition) is 1. The fourth-order valence-corrected chi connectivity index (χ4v) is 3.03. The van der Waals surface area contributed by atoms with Crippen molar-refractivity contribution in [3.63, 3.8) is 0 Å². The molecule has 1 aromatic rings. The first-order valence-corrected chi connectivity index (χ1v) is 8.18. The Bertz CT molecular complexity index is 559. The summed E-state index contributed by atoms with van der Waals surface area (Å²) >= 11 is 3.50. The SMILES string of the molecule is CCCC1NC(=O)C(CC)N(c2ccc(C)c(Br)c2)C1=O. The van der Waals surface area contributed by atoms with Crippen LogP contribution in [-0.4, -0.2) is 23.9 Å². The van der Waals surface area contributed by atoms with E-state index in [9.17, 15) is 9.59 Å². The van der Waals surface area contributed by atoms with E-state index in [2.05, 4.69) is 21.2 Å². The average Bonchev–Trinajstić information content (AvgIpc) is 2.45. The van der Waals surface area contributed by atoms with Crippen LogP contribution in [0.15, 0.2) is 22.7 Å². The molecule has 1 saturated heterocycles. The third kappa shape index (κ3) is 3.12. The predicted octanol–water partition coefficient (Wildman–Crippen LogP) is 3.17. The van der Waals surface area contributed by atoms with Crippen molar-refractivity contribution in [1.82, 2.24) is 5.32 Å². The van der Waals surface area contributed by atoms with Crippen LogP contribution in [-0.2, 0) is 9.59 Å². The van der Waals surface area contributed by atoms with Gasteiger partial charge in [-0.2, -0.15) is 0 Å². The normalized spacial score (nSPS) is 22.4. The van der Waals surface area contributed by atoms with E-state index in [-0.39, 0.29) is 11.8 Å². The van der Waals surface area contributed by atoms with Gasteiger partial charge in [0, 0.05) is 10.2 Å². The Morgan fingerprint density at radius 2 is 2.00 bits per heavy atom. The zero-order valence-electron chi connectivity index (χ0n) is 12.6. The fraction of sp³-hybridized carbons (Fsp3) is 0.500. The maximum atomic E-state index is 12.7. The van der Waals surface area contributed by atoms with Gasteiger partial charge in [-0.15, -0.1) is 0 Å². The minimum absolute atomic E-state index is 0.0148. The number of carbonyl (C=O) groups excluding carboxylic acids is 2. The molecule has 2 atom stereocenters. The minimum atomic E-state index is -0.430. The Balaban J connectivity index is 2.41. The molecule has 1 heterocycles. The zero-order valence-corrected chi connectivity index (χ0v) is 14.2. The highest BCUT2D eigenvalue weighted by Crippen LogP contribution is 2.28. The van der Waals surface area contributed by atoms with Crippen molar-refractivity contribution in [3.05, 3.63) is 28.2 Å². The molecule has 2 rings (SSSR count). The van der Waals surface area contributed by atoms with Gasteiger partial charge in [-0.1, -0.05) is 42.3 Å². The van der Waals surface area contributed by atoms with Crippen molar-refractivity contribution in [1.29, 1.82) is 0 Å². The number of carbonyl (C=O) groups is 2. The van der Waals surface area contributed by atoms with Gasteiger partial charge in [0.2, 0.25) is 11.8 Å². The van der Waals surface area contributed by atoms with Gasteiger partial charge in [-0.3, -0.25) is 14.5 Å². The third-order valence-corrected chi connectivity index (χ3v) is 4.72. The number of benzene rings is 1. The topological polar surface area (TPSA) is 49.4 Å². The second-order valence-corrected chi connectivity index (χ2v) is 6.27. The summed E-state index contributed by atoms with van der Waals surface area (Å²) in [5.41, 5.74) is 1.88. The number of nitrogens with one attached hydrogen (secondary N) is 1. The fourth-order valence-electron chi connectivity index (χ4n) is 2.66. The van der Waals surface area contributed by atoms with Gasteiger partial charge in [-0.25, -0.2) is 0 Å². The molecule has 4 nitrogen and oxygen atoms in total. The first kappa shape index (κ1) is 16.0. The Morgan fingerprint density at radius 3 is 2.57 bits per heavy atom. The lowest BCUT2D eigenvalue weighted by Crippen LogP contribution is -2.63. The van der Waals surface area contributed by atoms with E-state index in [1.54, 1.807) is 4.90 Å². The number of amides is 2. The summed E-state index contributed by atoms with van der Waals surface area (Å²) in [6, 6.07) is 4.94. The number of rotatable bonds is 4. The van der Waals surface area contributed by atoms with E-state index >= 15 is 0 Å². The van der Waals surface area contributed by atoms with Gasteiger partial charge in [0.1, 0.15) is 12.1 Å². The number of aryl methyl sites for hydroxylation is 1.